The Morgan fingerprint density at radius 2 is 1.86 bits per heavy atom. The molecule has 7 heteroatoms. The molecule has 2 amide bonds. The molecule has 0 unspecified atom stereocenters. The minimum atomic E-state index is -0.105. The van der Waals surface area contributed by atoms with Crippen molar-refractivity contribution in [2.75, 3.05) is 19.6 Å². The van der Waals surface area contributed by atoms with Crippen LogP contribution in [0.25, 0.3) is 0 Å². The summed E-state index contributed by atoms with van der Waals surface area (Å²) in [4.78, 5) is 34.1. The van der Waals surface area contributed by atoms with Gasteiger partial charge in [-0.05, 0) is 51.4 Å². The van der Waals surface area contributed by atoms with Crippen LogP contribution in [0.5, 0.6) is 0 Å². The highest BCUT2D eigenvalue weighted by Crippen LogP contribution is 2.42. The molecule has 3 aliphatic rings. The van der Waals surface area contributed by atoms with Gasteiger partial charge in [-0.25, -0.2) is 9.67 Å². The molecule has 0 radical (unpaired) electrons. The fourth-order valence-electron chi connectivity index (χ4n) is 5.59. The number of carbonyl (C=O) groups is 2. The summed E-state index contributed by atoms with van der Waals surface area (Å²) in [7, 11) is 0. The summed E-state index contributed by atoms with van der Waals surface area (Å²) < 4.78 is 1.84. The van der Waals surface area contributed by atoms with Gasteiger partial charge >= 0.3 is 0 Å². The highest BCUT2D eigenvalue weighted by molar-refractivity contribution is 5.79. The van der Waals surface area contributed by atoms with Crippen LogP contribution >= 0.6 is 0 Å². The van der Waals surface area contributed by atoms with Crippen molar-refractivity contribution in [1.82, 2.24) is 24.6 Å². The van der Waals surface area contributed by atoms with Gasteiger partial charge in [-0.15, -0.1) is 0 Å². The van der Waals surface area contributed by atoms with Crippen LogP contribution < -0.4 is 0 Å². The van der Waals surface area contributed by atoms with Crippen LogP contribution in [0, 0.1) is 25.2 Å². The maximum absolute atomic E-state index is 13.0. The lowest BCUT2D eigenvalue weighted by atomic mass is 9.72. The summed E-state index contributed by atoms with van der Waals surface area (Å²) in [6.45, 7) is 8.91. The fourth-order valence-corrected chi connectivity index (χ4v) is 5.59. The molecule has 1 aromatic heterocycles. The van der Waals surface area contributed by atoms with E-state index in [9.17, 15) is 9.59 Å². The van der Waals surface area contributed by atoms with E-state index in [4.69, 9.17) is 0 Å². The molecule has 0 N–H and O–H groups in total. The maximum atomic E-state index is 13.0. The highest BCUT2D eigenvalue weighted by Gasteiger charge is 2.44. The van der Waals surface area contributed by atoms with E-state index in [1.165, 1.54) is 25.7 Å². The van der Waals surface area contributed by atoms with Gasteiger partial charge in [0.25, 0.3) is 0 Å². The van der Waals surface area contributed by atoms with Crippen LogP contribution in [-0.4, -0.2) is 62.1 Å². The lowest BCUT2D eigenvalue weighted by Gasteiger charge is -2.49. The van der Waals surface area contributed by atoms with Gasteiger partial charge in [0.05, 0.1) is 12.5 Å². The average Bonchev–Trinajstić information content (AvgIpc) is 3.34. The fraction of sp³-hybridized carbons (Fsp3) is 0.818. The maximum Gasteiger partial charge on any atom is 0.227 e. The van der Waals surface area contributed by atoms with Crippen LogP contribution in [0.1, 0.15) is 69.9 Å². The number of hydrogen-bond acceptors (Lipinski definition) is 4. The molecule has 160 valence electrons. The highest BCUT2D eigenvalue weighted by atomic mass is 16.2. The Bertz CT molecular complexity index is 759. The zero-order valence-corrected chi connectivity index (χ0v) is 18.2. The van der Waals surface area contributed by atoms with Gasteiger partial charge in [-0.2, -0.15) is 5.10 Å². The first-order valence-electron chi connectivity index (χ1n) is 11.3. The SMILES string of the molecule is Cc1nc(C)n(C[C@H](C)C(=O)N2CCC3(CCC(=O)N(C4CCCC4)C3)CC2)n1. The van der Waals surface area contributed by atoms with Gasteiger partial charge in [0.2, 0.25) is 11.8 Å². The third-order valence-electron chi connectivity index (χ3n) is 7.43. The standard InChI is InChI=1S/C22H35N5O2/c1-16(14-27-18(3)23-17(2)24-27)21(29)25-12-10-22(11-13-25)9-8-20(28)26(15-22)19-6-4-5-7-19/h16,19H,4-15H2,1-3H3/t16-/m0/s1. The predicted octanol–water partition coefficient (Wildman–Crippen LogP) is 2.70. The van der Waals surface area contributed by atoms with Crippen molar-refractivity contribution in [2.45, 2.75) is 84.7 Å². The van der Waals surface area contributed by atoms with Crippen LogP contribution in [0.2, 0.25) is 0 Å². The average molecular weight is 402 g/mol. The number of carbonyl (C=O) groups excluding carboxylic acids is 2. The summed E-state index contributed by atoms with van der Waals surface area (Å²) in [5, 5.41) is 4.40. The van der Waals surface area contributed by atoms with E-state index in [1.54, 1.807) is 0 Å². The second kappa shape index (κ2) is 8.07. The molecule has 1 spiro atoms. The van der Waals surface area contributed by atoms with E-state index in [0.29, 0.717) is 24.9 Å². The Morgan fingerprint density at radius 3 is 2.48 bits per heavy atom. The summed E-state index contributed by atoms with van der Waals surface area (Å²) in [5.41, 5.74) is 0.218. The van der Waals surface area contributed by atoms with Crippen molar-refractivity contribution < 1.29 is 9.59 Å². The number of likely N-dealkylation sites (tertiary alicyclic amines) is 2. The number of aromatic nitrogens is 3. The number of rotatable bonds is 4. The molecule has 2 saturated heterocycles. The number of nitrogens with zero attached hydrogens (tertiary/aromatic N) is 5. The van der Waals surface area contributed by atoms with Crippen LogP contribution in [0.15, 0.2) is 0 Å². The van der Waals surface area contributed by atoms with E-state index in [0.717, 1.165) is 50.5 Å². The molecule has 7 nitrogen and oxygen atoms in total. The summed E-state index contributed by atoms with van der Waals surface area (Å²) in [6, 6.07) is 0.466. The van der Waals surface area contributed by atoms with Gasteiger partial charge in [-0.3, -0.25) is 9.59 Å². The molecule has 0 bridgehead atoms. The van der Waals surface area contributed by atoms with Crippen LogP contribution in [-0.2, 0) is 16.1 Å². The van der Waals surface area contributed by atoms with Crippen molar-refractivity contribution in [2.24, 2.45) is 11.3 Å². The Hall–Kier alpha value is -1.92. The molecule has 0 aromatic carbocycles. The molecule has 3 heterocycles. The minimum Gasteiger partial charge on any atom is -0.342 e. The first-order valence-corrected chi connectivity index (χ1v) is 11.3. The summed E-state index contributed by atoms with van der Waals surface area (Å²) in [5.74, 6) is 2.08. The molecule has 1 saturated carbocycles. The second-order valence-corrected chi connectivity index (χ2v) is 9.57. The molecule has 3 fully saturated rings. The number of amides is 2. The lowest BCUT2D eigenvalue weighted by Crippen LogP contribution is -2.55. The third kappa shape index (κ3) is 4.19. The van der Waals surface area contributed by atoms with Gasteiger partial charge in [0, 0.05) is 32.1 Å². The summed E-state index contributed by atoms with van der Waals surface area (Å²) in [6.07, 6.45) is 8.57. The van der Waals surface area contributed by atoms with Crippen molar-refractivity contribution in [3.8, 4) is 0 Å². The second-order valence-electron chi connectivity index (χ2n) is 9.57. The number of hydrogen-bond donors (Lipinski definition) is 0. The minimum absolute atomic E-state index is 0.105. The Morgan fingerprint density at radius 1 is 1.17 bits per heavy atom. The first kappa shape index (κ1) is 20.4. The van der Waals surface area contributed by atoms with Gasteiger partial charge in [0.1, 0.15) is 11.6 Å². The van der Waals surface area contributed by atoms with Gasteiger partial charge in [-0.1, -0.05) is 19.8 Å². The molecular weight excluding hydrogens is 366 g/mol. The summed E-state index contributed by atoms with van der Waals surface area (Å²) >= 11 is 0. The Labute approximate surface area is 173 Å². The van der Waals surface area contributed by atoms with Crippen molar-refractivity contribution in [3.63, 3.8) is 0 Å². The number of aryl methyl sites for hydroxylation is 2. The van der Waals surface area contributed by atoms with E-state index < -0.39 is 0 Å². The molecule has 4 rings (SSSR count). The molecule has 29 heavy (non-hydrogen) atoms. The van der Waals surface area contributed by atoms with Crippen molar-refractivity contribution in [3.05, 3.63) is 11.6 Å². The first-order chi connectivity index (χ1) is 13.9. The van der Waals surface area contributed by atoms with E-state index in [1.807, 2.05) is 30.4 Å². The third-order valence-corrected chi connectivity index (χ3v) is 7.43. The normalized spacial score (nSPS) is 23.8. The zero-order valence-electron chi connectivity index (χ0n) is 18.2. The van der Waals surface area contributed by atoms with E-state index in [-0.39, 0.29) is 17.2 Å². The molecule has 1 aromatic rings. The molecule has 1 aliphatic carbocycles. The predicted molar refractivity (Wildman–Crippen MR) is 110 cm³/mol. The van der Waals surface area contributed by atoms with E-state index >= 15 is 0 Å². The topological polar surface area (TPSA) is 71.3 Å². The molecule has 2 aliphatic heterocycles. The van der Waals surface area contributed by atoms with Crippen molar-refractivity contribution >= 4 is 11.8 Å². The van der Waals surface area contributed by atoms with Gasteiger partial charge in [0.15, 0.2) is 0 Å². The smallest absolute Gasteiger partial charge is 0.227 e. The number of piperidine rings is 2. The quantitative estimate of drug-likeness (QED) is 0.778. The monoisotopic (exact) mass is 401 g/mol. The molecular formula is C22H35N5O2. The largest absolute Gasteiger partial charge is 0.342 e. The Kier molecular flexibility index (Phi) is 5.67. The van der Waals surface area contributed by atoms with E-state index in [2.05, 4.69) is 15.0 Å². The van der Waals surface area contributed by atoms with Crippen LogP contribution in [0.4, 0.5) is 0 Å². The molecule has 1 atom stereocenters. The van der Waals surface area contributed by atoms with Crippen LogP contribution in [0.3, 0.4) is 0 Å². The zero-order chi connectivity index (χ0) is 20.6. The van der Waals surface area contributed by atoms with Crippen molar-refractivity contribution in [1.29, 1.82) is 0 Å². The lowest BCUT2D eigenvalue weighted by molar-refractivity contribution is -0.146. The Balaban J connectivity index is 1.34. The van der Waals surface area contributed by atoms with Gasteiger partial charge < -0.3 is 9.80 Å².